The molecular formula is C14H23NO. The highest BCUT2D eigenvalue weighted by molar-refractivity contribution is 5.04. The first-order valence-corrected chi connectivity index (χ1v) is 6.37. The summed E-state index contributed by atoms with van der Waals surface area (Å²) < 4.78 is 5.04. The van der Waals surface area contributed by atoms with Crippen molar-refractivity contribution in [3.63, 3.8) is 0 Å². The van der Waals surface area contributed by atoms with Crippen molar-refractivity contribution >= 4 is 0 Å². The van der Waals surface area contributed by atoms with Gasteiger partial charge in [0.05, 0.1) is 12.5 Å². The highest BCUT2D eigenvalue weighted by Gasteiger charge is 2.26. The molecule has 1 aliphatic rings. The van der Waals surface area contributed by atoms with Crippen LogP contribution < -0.4 is 5.32 Å². The second kappa shape index (κ2) is 5.05. The van der Waals surface area contributed by atoms with Gasteiger partial charge in [-0.25, -0.2) is 0 Å². The van der Waals surface area contributed by atoms with Crippen LogP contribution in [0.3, 0.4) is 0 Å². The molecule has 2 rings (SSSR count). The summed E-state index contributed by atoms with van der Waals surface area (Å²) in [7, 11) is 0. The molecule has 2 nitrogen and oxygen atoms in total. The van der Waals surface area contributed by atoms with Crippen LogP contribution in [-0.4, -0.2) is 6.54 Å². The van der Waals surface area contributed by atoms with E-state index in [1.54, 1.807) is 6.26 Å². The molecule has 0 amide bonds. The van der Waals surface area contributed by atoms with Gasteiger partial charge in [0.1, 0.15) is 0 Å². The van der Waals surface area contributed by atoms with Crippen LogP contribution in [0.25, 0.3) is 0 Å². The quantitative estimate of drug-likeness (QED) is 0.840. The van der Waals surface area contributed by atoms with E-state index in [1.165, 1.54) is 31.2 Å². The van der Waals surface area contributed by atoms with Crippen LogP contribution >= 0.6 is 0 Å². The van der Waals surface area contributed by atoms with Crippen molar-refractivity contribution in [1.29, 1.82) is 0 Å². The van der Waals surface area contributed by atoms with Crippen LogP contribution in [0, 0.1) is 11.3 Å². The molecule has 0 spiro atoms. The average molecular weight is 221 g/mol. The Kier molecular flexibility index (Phi) is 3.70. The molecule has 1 aromatic heterocycles. The number of hydrogen-bond donors (Lipinski definition) is 1. The van der Waals surface area contributed by atoms with Crippen LogP contribution in [0.5, 0.6) is 0 Å². The van der Waals surface area contributed by atoms with Crippen LogP contribution in [0.2, 0.25) is 0 Å². The van der Waals surface area contributed by atoms with Gasteiger partial charge >= 0.3 is 0 Å². The Morgan fingerprint density at radius 3 is 2.75 bits per heavy atom. The number of rotatable bonds is 4. The highest BCUT2D eigenvalue weighted by atomic mass is 16.3. The summed E-state index contributed by atoms with van der Waals surface area (Å²) in [5, 5.41) is 3.52. The van der Waals surface area contributed by atoms with Crippen molar-refractivity contribution in [3.8, 4) is 0 Å². The summed E-state index contributed by atoms with van der Waals surface area (Å²) in [6, 6.07) is 2.02. The van der Waals surface area contributed by atoms with Gasteiger partial charge in [0.15, 0.2) is 0 Å². The molecule has 90 valence electrons. The van der Waals surface area contributed by atoms with Gasteiger partial charge in [-0.05, 0) is 49.6 Å². The van der Waals surface area contributed by atoms with Crippen molar-refractivity contribution < 1.29 is 4.42 Å². The van der Waals surface area contributed by atoms with E-state index in [2.05, 4.69) is 19.2 Å². The predicted octanol–water partition coefficient (Wildman–Crippen LogP) is 3.59. The van der Waals surface area contributed by atoms with Crippen molar-refractivity contribution in [2.45, 2.75) is 46.1 Å². The molecule has 1 saturated carbocycles. The molecule has 2 heteroatoms. The molecule has 1 heterocycles. The zero-order chi connectivity index (χ0) is 11.4. The van der Waals surface area contributed by atoms with Crippen molar-refractivity contribution in [2.75, 3.05) is 6.54 Å². The molecule has 0 saturated heterocycles. The van der Waals surface area contributed by atoms with Crippen molar-refractivity contribution in [3.05, 3.63) is 24.2 Å². The zero-order valence-electron chi connectivity index (χ0n) is 10.5. The largest absolute Gasteiger partial charge is 0.472 e. The van der Waals surface area contributed by atoms with Gasteiger partial charge in [-0.1, -0.05) is 13.8 Å². The second-order valence-corrected chi connectivity index (χ2v) is 5.87. The smallest absolute Gasteiger partial charge is 0.0947 e. The van der Waals surface area contributed by atoms with Gasteiger partial charge in [0, 0.05) is 12.1 Å². The lowest BCUT2D eigenvalue weighted by Gasteiger charge is -2.34. The maximum atomic E-state index is 5.04. The van der Waals surface area contributed by atoms with Gasteiger partial charge in [-0.15, -0.1) is 0 Å². The van der Waals surface area contributed by atoms with Crippen molar-refractivity contribution in [2.24, 2.45) is 11.3 Å². The van der Waals surface area contributed by atoms with E-state index in [9.17, 15) is 0 Å². The van der Waals surface area contributed by atoms with Crippen LogP contribution in [0.4, 0.5) is 0 Å². The summed E-state index contributed by atoms with van der Waals surface area (Å²) in [5.41, 5.74) is 1.83. The Bertz CT molecular complexity index is 293. The SMILES string of the molecule is CC1(C)CCC(CNCc2ccoc2)CC1. The van der Waals surface area contributed by atoms with E-state index < -0.39 is 0 Å². The molecule has 1 fully saturated rings. The summed E-state index contributed by atoms with van der Waals surface area (Å²) in [5.74, 6) is 0.875. The first-order valence-electron chi connectivity index (χ1n) is 6.37. The third-order valence-corrected chi connectivity index (χ3v) is 3.80. The van der Waals surface area contributed by atoms with E-state index in [0.29, 0.717) is 5.41 Å². The molecule has 1 aromatic rings. The standard InChI is InChI=1S/C14H23NO/c1-14(2)6-3-12(4-7-14)9-15-10-13-5-8-16-11-13/h5,8,11-12,15H,3-4,6-7,9-10H2,1-2H3. The van der Waals surface area contributed by atoms with Crippen LogP contribution in [-0.2, 0) is 6.54 Å². The van der Waals surface area contributed by atoms with Crippen molar-refractivity contribution in [1.82, 2.24) is 5.32 Å². The number of hydrogen-bond acceptors (Lipinski definition) is 2. The molecule has 0 unspecified atom stereocenters. The van der Waals surface area contributed by atoms with E-state index in [-0.39, 0.29) is 0 Å². The lowest BCUT2D eigenvalue weighted by molar-refractivity contribution is 0.188. The molecule has 16 heavy (non-hydrogen) atoms. The Morgan fingerprint density at radius 2 is 2.12 bits per heavy atom. The van der Waals surface area contributed by atoms with Gasteiger partial charge in [-0.3, -0.25) is 0 Å². The Morgan fingerprint density at radius 1 is 1.38 bits per heavy atom. The fourth-order valence-electron chi connectivity index (χ4n) is 2.48. The maximum Gasteiger partial charge on any atom is 0.0947 e. The molecule has 0 radical (unpaired) electrons. The summed E-state index contributed by atoms with van der Waals surface area (Å²) in [6.45, 7) is 6.88. The summed E-state index contributed by atoms with van der Waals surface area (Å²) in [6.07, 6.45) is 9.07. The lowest BCUT2D eigenvalue weighted by Crippen LogP contribution is -2.28. The number of furan rings is 1. The summed E-state index contributed by atoms with van der Waals surface area (Å²) >= 11 is 0. The zero-order valence-corrected chi connectivity index (χ0v) is 10.5. The Labute approximate surface area is 98.4 Å². The fraction of sp³-hybridized carbons (Fsp3) is 0.714. The normalized spacial score (nSPS) is 21.1. The lowest BCUT2D eigenvalue weighted by atomic mass is 9.73. The van der Waals surface area contributed by atoms with Crippen LogP contribution in [0.15, 0.2) is 23.0 Å². The van der Waals surface area contributed by atoms with E-state index in [1.807, 2.05) is 12.3 Å². The van der Waals surface area contributed by atoms with Gasteiger partial charge in [0.2, 0.25) is 0 Å². The number of nitrogens with one attached hydrogen (secondary N) is 1. The highest BCUT2D eigenvalue weighted by Crippen LogP contribution is 2.37. The molecule has 0 atom stereocenters. The second-order valence-electron chi connectivity index (χ2n) is 5.87. The molecular weight excluding hydrogens is 198 g/mol. The third kappa shape index (κ3) is 3.38. The van der Waals surface area contributed by atoms with E-state index >= 15 is 0 Å². The van der Waals surface area contributed by atoms with E-state index in [4.69, 9.17) is 4.42 Å². The minimum Gasteiger partial charge on any atom is -0.472 e. The first-order chi connectivity index (χ1) is 7.66. The van der Waals surface area contributed by atoms with Gasteiger partial charge in [0.25, 0.3) is 0 Å². The molecule has 1 aliphatic carbocycles. The Balaban J connectivity index is 1.64. The van der Waals surface area contributed by atoms with E-state index in [0.717, 1.165) is 19.0 Å². The monoisotopic (exact) mass is 221 g/mol. The average Bonchev–Trinajstić information content (AvgIpc) is 2.73. The Hall–Kier alpha value is -0.760. The molecule has 0 aliphatic heterocycles. The first kappa shape index (κ1) is 11.7. The molecule has 0 bridgehead atoms. The maximum absolute atomic E-state index is 5.04. The van der Waals surface area contributed by atoms with Crippen LogP contribution in [0.1, 0.15) is 45.1 Å². The predicted molar refractivity (Wildman–Crippen MR) is 66.2 cm³/mol. The molecule has 0 aromatic carbocycles. The fourth-order valence-corrected chi connectivity index (χ4v) is 2.48. The van der Waals surface area contributed by atoms with Gasteiger partial charge < -0.3 is 9.73 Å². The minimum absolute atomic E-state index is 0.584. The minimum atomic E-state index is 0.584. The molecule has 1 N–H and O–H groups in total. The van der Waals surface area contributed by atoms with Gasteiger partial charge in [-0.2, -0.15) is 0 Å². The topological polar surface area (TPSA) is 25.2 Å². The summed E-state index contributed by atoms with van der Waals surface area (Å²) in [4.78, 5) is 0. The third-order valence-electron chi connectivity index (χ3n) is 3.80.